The number of amides is 1. The highest BCUT2D eigenvalue weighted by Crippen LogP contribution is 2.06. The van der Waals surface area contributed by atoms with Gasteiger partial charge in [0.15, 0.2) is 11.5 Å². The fourth-order valence-electron chi connectivity index (χ4n) is 1.23. The first-order valence-electron chi connectivity index (χ1n) is 4.57. The maximum absolute atomic E-state index is 10.8. The highest BCUT2D eigenvalue weighted by Gasteiger charge is 2.12. The van der Waals surface area contributed by atoms with Gasteiger partial charge in [-0.2, -0.15) is 5.10 Å². The summed E-state index contributed by atoms with van der Waals surface area (Å²) in [6, 6.07) is 1.29. The van der Waals surface area contributed by atoms with E-state index < -0.39 is 11.9 Å². The van der Waals surface area contributed by atoms with E-state index in [1.165, 1.54) is 23.1 Å². The number of primary amides is 1. The van der Waals surface area contributed by atoms with Crippen molar-refractivity contribution >= 4 is 11.9 Å². The van der Waals surface area contributed by atoms with Gasteiger partial charge in [-0.3, -0.25) is 9.48 Å². The molecule has 0 bridgehead atoms. The molecule has 0 saturated heterocycles. The molecule has 0 radical (unpaired) electrons. The van der Waals surface area contributed by atoms with Crippen LogP contribution < -0.4 is 5.73 Å². The number of aromatic carboxylic acids is 1. The molecule has 0 fully saturated rings. The highest BCUT2D eigenvalue weighted by molar-refractivity contribution is 5.92. The van der Waals surface area contributed by atoms with Gasteiger partial charge in [-0.15, -0.1) is 0 Å². The summed E-state index contributed by atoms with van der Waals surface area (Å²) in [6.45, 7) is 0.174. The zero-order valence-corrected chi connectivity index (χ0v) is 8.53. The number of carbonyl (C=O) groups excluding carboxylic acids is 1. The molecule has 2 aromatic rings. The average molecular weight is 236 g/mol. The molecule has 88 valence electrons. The predicted molar refractivity (Wildman–Crippen MR) is 53.3 cm³/mol. The van der Waals surface area contributed by atoms with Crippen LogP contribution in [0, 0.1) is 0 Å². The molecule has 3 N–H and O–H groups in total. The van der Waals surface area contributed by atoms with Crippen molar-refractivity contribution in [3.63, 3.8) is 0 Å². The standard InChI is InChI=1S/C9H8N4O4/c10-8(14)5-2-11-13(3-5)4-6-1-7(9(15)16)12-17-6/h1-3H,4H2,(H2,10,14)(H,15,16). The smallest absolute Gasteiger partial charge is 0.358 e. The summed E-state index contributed by atoms with van der Waals surface area (Å²) in [5.74, 6) is -1.43. The molecule has 0 spiro atoms. The quantitative estimate of drug-likeness (QED) is 0.751. The molecule has 17 heavy (non-hydrogen) atoms. The van der Waals surface area contributed by atoms with E-state index >= 15 is 0 Å². The van der Waals surface area contributed by atoms with Crippen LogP contribution in [0.25, 0.3) is 0 Å². The number of hydrogen-bond donors (Lipinski definition) is 2. The second-order valence-electron chi connectivity index (χ2n) is 3.27. The van der Waals surface area contributed by atoms with E-state index in [0.29, 0.717) is 5.76 Å². The van der Waals surface area contributed by atoms with Crippen LogP contribution >= 0.6 is 0 Å². The lowest BCUT2D eigenvalue weighted by Gasteiger charge is -1.94. The minimum Gasteiger partial charge on any atom is -0.476 e. The van der Waals surface area contributed by atoms with E-state index in [1.54, 1.807) is 0 Å². The number of rotatable bonds is 4. The fraction of sp³-hybridized carbons (Fsp3) is 0.111. The molecular weight excluding hydrogens is 228 g/mol. The molecule has 2 heterocycles. The normalized spacial score (nSPS) is 10.4. The highest BCUT2D eigenvalue weighted by atomic mass is 16.5. The Bertz CT molecular complexity index is 521. The third-order valence-electron chi connectivity index (χ3n) is 2.01. The molecule has 0 aliphatic rings. The van der Waals surface area contributed by atoms with E-state index in [0.717, 1.165) is 0 Å². The van der Waals surface area contributed by atoms with Crippen LogP contribution in [0.4, 0.5) is 0 Å². The number of carboxylic acids is 1. The first kappa shape index (κ1) is 10.9. The number of nitrogens with two attached hydrogens (primary N) is 1. The van der Waals surface area contributed by atoms with Crippen LogP contribution in [0.5, 0.6) is 0 Å². The van der Waals surface area contributed by atoms with Crippen molar-refractivity contribution in [1.29, 1.82) is 0 Å². The van der Waals surface area contributed by atoms with Crippen LogP contribution in [-0.4, -0.2) is 31.9 Å². The maximum Gasteiger partial charge on any atom is 0.358 e. The molecule has 8 nitrogen and oxygen atoms in total. The summed E-state index contributed by atoms with van der Waals surface area (Å²) >= 11 is 0. The molecule has 2 rings (SSSR count). The average Bonchev–Trinajstić information content (AvgIpc) is 2.87. The zero-order chi connectivity index (χ0) is 12.4. The second kappa shape index (κ2) is 4.08. The molecule has 8 heteroatoms. The molecule has 0 atom stereocenters. The predicted octanol–water partition coefficient (Wildman–Crippen LogP) is -0.284. The Balaban J connectivity index is 2.13. The van der Waals surface area contributed by atoms with E-state index in [2.05, 4.69) is 10.3 Å². The van der Waals surface area contributed by atoms with Gasteiger partial charge in [-0.1, -0.05) is 5.16 Å². The van der Waals surface area contributed by atoms with Crippen molar-refractivity contribution in [1.82, 2.24) is 14.9 Å². The Kier molecular flexibility index (Phi) is 2.61. The van der Waals surface area contributed by atoms with Gasteiger partial charge in [0.1, 0.15) is 6.54 Å². The van der Waals surface area contributed by atoms with Crippen LogP contribution in [0.3, 0.4) is 0 Å². The van der Waals surface area contributed by atoms with E-state index in [1.807, 2.05) is 0 Å². The summed E-state index contributed by atoms with van der Waals surface area (Å²) < 4.78 is 6.19. The molecule has 0 unspecified atom stereocenters. The third-order valence-corrected chi connectivity index (χ3v) is 2.01. The molecule has 0 aliphatic carbocycles. The number of hydrogen-bond acceptors (Lipinski definition) is 5. The Morgan fingerprint density at radius 1 is 1.53 bits per heavy atom. The fourth-order valence-corrected chi connectivity index (χ4v) is 1.23. The van der Waals surface area contributed by atoms with Crippen LogP contribution in [-0.2, 0) is 6.54 Å². The summed E-state index contributed by atoms with van der Waals surface area (Å²) in [5, 5.41) is 15.8. The number of carbonyl (C=O) groups is 2. The van der Waals surface area contributed by atoms with Crippen molar-refractivity contribution in [2.75, 3.05) is 0 Å². The summed E-state index contributed by atoms with van der Waals surface area (Å²) in [4.78, 5) is 21.4. The van der Waals surface area contributed by atoms with Crippen molar-refractivity contribution in [2.45, 2.75) is 6.54 Å². The second-order valence-corrected chi connectivity index (χ2v) is 3.27. The van der Waals surface area contributed by atoms with Crippen LogP contribution in [0.2, 0.25) is 0 Å². The first-order chi connectivity index (χ1) is 8.06. The van der Waals surface area contributed by atoms with Crippen molar-refractivity contribution in [2.24, 2.45) is 5.73 Å². The number of nitrogens with zero attached hydrogens (tertiary/aromatic N) is 3. The van der Waals surface area contributed by atoms with Gasteiger partial charge >= 0.3 is 5.97 Å². The van der Waals surface area contributed by atoms with Crippen molar-refractivity contribution in [3.8, 4) is 0 Å². The lowest BCUT2D eigenvalue weighted by molar-refractivity contribution is 0.0685. The first-order valence-corrected chi connectivity index (χ1v) is 4.57. The zero-order valence-electron chi connectivity index (χ0n) is 8.53. The molecule has 0 aromatic carbocycles. The Hall–Kier alpha value is -2.64. The minimum atomic E-state index is -1.17. The van der Waals surface area contributed by atoms with Crippen molar-refractivity contribution in [3.05, 3.63) is 35.5 Å². The van der Waals surface area contributed by atoms with Gasteiger partial charge in [-0.25, -0.2) is 4.79 Å². The largest absolute Gasteiger partial charge is 0.476 e. The number of carboxylic acid groups (broad SMARTS) is 1. The van der Waals surface area contributed by atoms with Crippen LogP contribution in [0.1, 0.15) is 26.6 Å². The topological polar surface area (TPSA) is 124 Å². The molecule has 0 saturated carbocycles. The van der Waals surface area contributed by atoms with Gasteiger partial charge in [0.25, 0.3) is 5.91 Å². The lowest BCUT2D eigenvalue weighted by Crippen LogP contribution is -2.09. The lowest BCUT2D eigenvalue weighted by atomic mass is 10.3. The minimum absolute atomic E-state index is 0.174. The van der Waals surface area contributed by atoms with Gasteiger partial charge in [0.2, 0.25) is 0 Å². The Morgan fingerprint density at radius 3 is 2.82 bits per heavy atom. The van der Waals surface area contributed by atoms with Crippen LogP contribution in [0.15, 0.2) is 23.0 Å². The Morgan fingerprint density at radius 2 is 2.29 bits per heavy atom. The van der Waals surface area contributed by atoms with Crippen molar-refractivity contribution < 1.29 is 19.2 Å². The van der Waals surface area contributed by atoms with Gasteiger partial charge in [-0.05, 0) is 0 Å². The molecular formula is C9H8N4O4. The van der Waals surface area contributed by atoms with Gasteiger partial charge in [0.05, 0.1) is 11.8 Å². The summed E-state index contributed by atoms with van der Waals surface area (Å²) in [5.41, 5.74) is 5.15. The Labute approximate surface area is 94.6 Å². The summed E-state index contributed by atoms with van der Waals surface area (Å²) in [6.07, 6.45) is 2.75. The molecule has 1 amide bonds. The number of aromatic nitrogens is 3. The third kappa shape index (κ3) is 2.30. The van der Waals surface area contributed by atoms with E-state index in [9.17, 15) is 9.59 Å². The molecule has 0 aliphatic heterocycles. The van der Waals surface area contributed by atoms with E-state index in [-0.39, 0.29) is 17.8 Å². The van der Waals surface area contributed by atoms with E-state index in [4.69, 9.17) is 15.4 Å². The van der Waals surface area contributed by atoms with Gasteiger partial charge < -0.3 is 15.4 Å². The van der Waals surface area contributed by atoms with Gasteiger partial charge in [0, 0.05) is 12.3 Å². The maximum atomic E-state index is 10.8. The summed E-state index contributed by atoms with van der Waals surface area (Å²) in [7, 11) is 0. The monoisotopic (exact) mass is 236 g/mol. The molecule has 2 aromatic heterocycles. The SMILES string of the molecule is NC(=O)c1cnn(Cc2cc(C(=O)O)no2)c1.